The van der Waals surface area contributed by atoms with Crippen molar-refractivity contribution in [1.29, 1.82) is 0 Å². The molecule has 0 amide bonds. The van der Waals surface area contributed by atoms with Gasteiger partial charge in [0.05, 0.1) is 18.4 Å². The highest BCUT2D eigenvalue weighted by molar-refractivity contribution is 7.99. The number of hydrogen-bond acceptors (Lipinski definition) is 7. The summed E-state index contributed by atoms with van der Waals surface area (Å²) >= 11 is 1.23. The summed E-state index contributed by atoms with van der Waals surface area (Å²) in [6, 6.07) is 8.65. The van der Waals surface area contributed by atoms with Gasteiger partial charge in [0.2, 0.25) is 0 Å². The van der Waals surface area contributed by atoms with Crippen molar-refractivity contribution in [1.82, 2.24) is 9.97 Å². The zero-order chi connectivity index (χ0) is 17.5. The van der Waals surface area contributed by atoms with E-state index in [1.54, 1.807) is 24.3 Å². The van der Waals surface area contributed by atoms with E-state index in [0.717, 1.165) is 17.0 Å². The second kappa shape index (κ2) is 8.44. The predicted octanol–water partition coefficient (Wildman–Crippen LogP) is 2.72. The molecule has 0 saturated heterocycles. The lowest BCUT2D eigenvalue weighted by molar-refractivity contribution is -0.141. The van der Waals surface area contributed by atoms with Gasteiger partial charge in [-0.25, -0.2) is 14.8 Å². The largest absolute Gasteiger partial charge is 0.465 e. The number of nitrogens with zero attached hydrogens (tertiary/aromatic N) is 2. The summed E-state index contributed by atoms with van der Waals surface area (Å²) in [5.41, 5.74) is 2.86. The van der Waals surface area contributed by atoms with Gasteiger partial charge >= 0.3 is 11.9 Å². The van der Waals surface area contributed by atoms with Crippen LogP contribution in [0, 0.1) is 13.8 Å². The van der Waals surface area contributed by atoms with E-state index in [4.69, 9.17) is 4.74 Å². The third kappa shape index (κ3) is 5.34. The predicted molar refractivity (Wildman–Crippen MR) is 89.8 cm³/mol. The molecule has 2 rings (SSSR count). The van der Waals surface area contributed by atoms with Crippen molar-refractivity contribution < 1.29 is 19.1 Å². The zero-order valence-electron chi connectivity index (χ0n) is 13.7. The molecule has 24 heavy (non-hydrogen) atoms. The second-order valence-electron chi connectivity index (χ2n) is 5.07. The molecule has 0 aliphatic rings. The molecule has 126 valence electrons. The SMILES string of the molecule is COC(=O)c1cccc(COC(=O)CSc2nc(C)cc(C)n2)c1. The normalized spacial score (nSPS) is 10.3. The lowest BCUT2D eigenvalue weighted by Crippen LogP contribution is -2.09. The summed E-state index contributed by atoms with van der Waals surface area (Å²) in [7, 11) is 1.32. The average molecular weight is 346 g/mol. The third-order valence-corrected chi connectivity index (χ3v) is 3.85. The summed E-state index contributed by atoms with van der Waals surface area (Å²) < 4.78 is 9.87. The molecule has 0 unspecified atom stereocenters. The fourth-order valence-corrected chi connectivity index (χ4v) is 2.74. The van der Waals surface area contributed by atoms with E-state index in [2.05, 4.69) is 14.7 Å². The van der Waals surface area contributed by atoms with Crippen LogP contribution in [0.5, 0.6) is 0 Å². The maximum atomic E-state index is 11.8. The van der Waals surface area contributed by atoms with Crippen molar-refractivity contribution in [2.45, 2.75) is 25.6 Å². The molecule has 0 aliphatic carbocycles. The van der Waals surface area contributed by atoms with Gasteiger partial charge in [-0.3, -0.25) is 4.79 Å². The van der Waals surface area contributed by atoms with E-state index in [0.29, 0.717) is 10.7 Å². The van der Waals surface area contributed by atoms with Crippen molar-refractivity contribution in [2.24, 2.45) is 0 Å². The number of aromatic nitrogens is 2. The van der Waals surface area contributed by atoms with Crippen molar-refractivity contribution in [2.75, 3.05) is 12.9 Å². The third-order valence-electron chi connectivity index (χ3n) is 3.03. The van der Waals surface area contributed by atoms with Crippen molar-refractivity contribution in [3.05, 3.63) is 52.8 Å². The standard InChI is InChI=1S/C17H18N2O4S/c1-11-7-12(2)19-17(18-11)24-10-15(20)23-9-13-5-4-6-14(8-13)16(21)22-3/h4-8H,9-10H2,1-3H3. The van der Waals surface area contributed by atoms with Crippen LogP contribution >= 0.6 is 11.8 Å². The zero-order valence-corrected chi connectivity index (χ0v) is 14.6. The first-order valence-corrected chi connectivity index (χ1v) is 8.24. The van der Waals surface area contributed by atoms with Gasteiger partial charge in [0.1, 0.15) is 6.61 Å². The first-order chi connectivity index (χ1) is 11.5. The van der Waals surface area contributed by atoms with Crippen LogP contribution in [0.3, 0.4) is 0 Å². The lowest BCUT2D eigenvalue weighted by Gasteiger charge is -2.06. The van der Waals surface area contributed by atoms with Crippen LogP contribution in [0.2, 0.25) is 0 Å². The van der Waals surface area contributed by atoms with Gasteiger partial charge in [-0.1, -0.05) is 23.9 Å². The fourth-order valence-electron chi connectivity index (χ4n) is 1.99. The number of carbonyl (C=O) groups is 2. The average Bonchev–Trinajstić information content (AvgIpc) is 2.57. The summed E-state index contributed by atoms with van der Waals surface area (Å²) in [6.45, 7) is 3.86. The number of thioether (sulfide) groups is 1. The molecule has 6 nitrogen and oxygen atoms in total. The Balaban J connectivity index is 1.86. The molecule has 1 aromatic carbocycles. The van der Waals surface area contributed by atoms with Crippen LogP contribution < -0.4 is 0 Å². The molecule has 2 aromatic rings. The highest BCUT2D eigenvalue weighted by atomic mass is 32.2. The molecular formula is C17H18N2O4S. The summed E-state index contributed by atoms with van der Waals surface area (Å²) in [5.74, 6) is -0.670. The van der Waals surface area contributed by atoms with Crippen LogP contribution in [0.1, 0.15) is 27.3 Å². The number of methoxy groups -OCH3 is 1. The molecule has 1 aromatic heterocycles. The van der Waals surface area contributed by atoms with Gasteiger partial charge in [-0.05, 0) is 37.6 Å². The molecule has 0 spiro atoms. The Morgan fingerprint density at radius 1 is 1.12 bits per heavy atom. The minimum Gasteiger partial charge on any atom is -0.465 e. The Morgan fingerprint density at radius 3 is 2.50 bits per heavy atom. The van der Waals surface area contributed by atoms with Crippen LogP contribution in [0.4, 0.5) is 0 Å². The number of esters is 2. The maximum absolute atomic E-state index is 11.8. The number of benzene rings is 1. The van der Waals surface area contributed by atoms with E-state index in [1.807, 2.05) is 19.9 Å². The minimum atomic E-state index is -0.425. The molecule has 0 radical (unpaired) electrons. The summed E-state index contributed by atoms with van der Waals surface area (Å²) in [6.07, 6.45) is 0. The van der Waals surface area contributed by atoms with E-state index >= 15 is 0 Å². The van der Waals surface area contributed by atoms with E-state index < -0.39 is 5.97 Å². The smallest absolute Gasteiger partial charge is 0.337 e. The van der Waals surface area contributed by atoms with Gasteiger partial charge < -0.3 is 9.47 Å². The first-order valence-electron chi connectivity index (χ1n) is 7.26. The Bertz CT molecular complexity index is 729. The molecule has 1 heterocycles. The molecule has 0 bridgehead atoms. The van der Waals surface area contributed by atoms with Crippen LogP contribution in [-0.2, 0) is 20.9 Å². The maximum Gasteiger partial charge on any atom is 0.337 e. The van der Waals surface area contributed by atoms with Gasteiger partial charge in [-0.2, -0.15) is 0 Å². The fraction of sp³-hybridized carbons (Fsp3) is 0.294. The van der Waals surface area contributed by atoms with Crippen LogP contribution in [0.15, 0.2) is 35.5 Å². The summed E-state index contributed by atoms with van der Waals surface area (Å²) in [4.78, 5) is 31.8. The minimum absolute atomic E-state index is 0.0952. The highest BCUT2D eigenvalue weighted by Gasteiger charge is 2.09. The first kappa shape index (κ1) is 17.9. The number of rotatable bonds is 6. The molecule has 0 saturated carbocycles. The number of carbonyl (C=O) groups excluding carboxylic acids is 2. The van der Waals surface area contributed by atoms with Crippen molar-refractivity contribution in [3.63, 3.8) is 0 Å². The molecule has 0 aliphatic heterocycles. The van der Waals surface area contributed by atoms with Gasteiger partial charge in [-0.15, -0.1) is 0 Å². The Kier molecular flexibility index (Phi) is 6.31. The second-order valence-corrected chi connectivity index (χ2v) is 6.02. The van der Waals surface area contributed by atoms with E-state index in [-0.39, 0.29) is 18.3 Å². The number of ether oxygens (including phenoxy) is 2. The Labute approximate surface area is 144 Å². The molecule has 0 N–H and O–H groups in total. The monoisotopic (exact) mass is 346 g/mol. The number of hydrogen-bond donors (Lipinski definition) is 0. The van der Waals surface area contributed by atoms with Gasteiger partial charge in [0.25, 0.3) is 0 Å². The molecule has 0 atom stereocenters. The Hall–Kier alpha value is -2.41. The Morgan fingerprint density at radius 2 is 1.83 bits per heavy atom. The molecule has 0 fully saturated rings. The molecular weight excluding hydrogens is 328 g/mol. The summed E-state index contributed by atoms with van der Waals surface area (Å²) in [5, 5.41) is 0.553. The topological polar surface area (TPSA) is 78.4 Å². The highest BCUT2D eigenvalue weighted by Crippen LogP contribution is 2.15. The van der Waals surface area contributed by atoms with Crippen molar-refractivity contribution >= 4 is 23.7 Å². The molecule has 7 heteroatoms. The van der Waals surface area contributed by atoms with Crippen LogP contribution in [0.25, 0.3) is 0 Å². The van der Waals surface area contributed by atoms with Gasteiger partial charge in [0, 0.05) is 11.4 Å². The number of aryl methyl sites for hydroxylation is 2. The van der Waals surface area contributed by atoms with Crippen molar-refractivity contribution in [3.8, 4) is 0 Å². The van der Waals surface area contributed by atoms with Gasteiger partial charge in [0.15, 0.2) is 5.16 Å². The quantitative estimate of drug-likeness (QED) is 0.452. The lowest BCUT2D eigenvalue weighted by atomic mass is 10.1. The van der Waals surface area contributed by atoms with E-state index in [9.17, 15) is 9.59 Å². The van der Waals surface area contributed by atoms with Crippen LogP contribution in [-0.4, -0.2) is 34.8 Å². The van der Waals surface area contributed by atoms with E-state index in [1.165, 1.54) is 18.9 Å².